The van der Waals surface area contributed by atoms with Crippen molar-refractivity contribution in [2.45, 2.75) is 0 Å². The van der Waals surface area contributed by atoms with E-state index >= 15 is 0 Å². The van der Waals surface area contributed by atoms with Gasteiger partial charge < -0.3 is 10.2 Å². The van der Waals surface area contributed by atoms with Gasteiger partial charge in [0.2, 0.25) is 5.95 Å². The molecule has 2 rings (SSSR count). The van der Waals surface area contributed by atoms with Crippen LogP contribution in [0.1, 0.15) is 0 Å². The van der Waals surface area contributed by atoms with Gasteiger partial charge in [-0.1, -0.05) is 0 Å². The van der Waals surface area contributed by atoms with Crippen molar-refractivity contribution in [3.63, 3.8) is 0 Å². The molecule has 1 aromatic rings. The van der Waals surface area contributed by atoms with E-state index in [1.54, 1.807) is 6.20 Å². The Kier molecular flexibility index (Phi) is 3.34. The van der Waals surface area contributed by atoms with Crippen LogP contribution in [0.25, 0.3) is 0 Å². The summed E-state index contributed by atoms with van der Waals surface area (Å²) in [6, 6.07) is 0. The summed E-state index contributed by atoms with van der Waals surface area (Å²) in [5.74, 6) is 6.60. The van der Waals surface area contributed by atoms with Crippen molar-refractivity contribution in [3.05, 3.63) is 10.7 Å². The van der Waals surface area contributed by atoms with Gasteiger partial charge in [-0.05, 0) is 15.9 Å². The van der Waals surface area contributed by atoms with E-state index in [9.17, 15) is 0 Å². The van der Waals surface area contributed by atoms with E-state index in [0.29, 0.717) is 5.95 Å². The fraction of sp³-hybridized carbons (Fsp3) is 0.500. The van der Waals surface area contributed by atoms with Gasteiger partial charge in [0.05, 0.1) is 4.47 Å². The van der Waals surface area contributed by atoms with E-state index in [4.69, 9.17) is 5.84 Å². The molecule has 6 nitrogen and oxygen atoms in total. The molecule has 2 heterocycles. The minimum atomic E-state index is 0.437. The van der Waals surface area contributed by atoms with Crippen LogP contribution >= 0.6 is 15.9 Å². The molecule has 0 atom stereocenters. The summed E-state index contributed by atoms with van der Waals surface area (Å²) in [6.07, 6.45) is 1.71. The average molecular weight is 273 g/mol. The Labute approximate surface area is 96.4 Å². The predicted octanol–water partition coefficient (Wildman–Crippen LogP) is -0.0657. The van der Waals surface area contributed by atoms with Gasteiger partial charge in [0, 0.05) is 32.4 Å². The molecule has 0 saturated carbocycles. The molecule has 1 fully saturated rings. The Morgan fingerprint density at radius 1 is 1.47 bits per heavy atom. The first-order valence-electron chi connectivity index (χ1n) is 4.76. The number of nitrogens with one attached hydrogen (secondary N) is 2. The van der Waals surface area contributed by atoms with E-state index in [1.807, 2.05) is 0 Å². The smallest absolute Gasteiger partial charge is 0.239 e. The second kappa shape index (κ2) is 4.73. The van der Waals surface area contributed by atoms with Gasteiger partial charge in [0.1, 0.15) is 5.82 Å². The van der Waals surface area contributed by atoms with Crippen molar-refractivity contribution in [2.75, 3.05) is 36.5 Å². The number of piperazine rings is 1. The number of anilines is 2. The molecule has 0 amide bonds. The van der Waals surface area contributed by atoms with Crippen molar-refractivity contribution in [1.29, 1.82) is 0 Å². The van der Waals surface area contributed by atoms with E-state index in [1.165, 1.54) is 0 Å². The van der Waals surface area contributed by atoms with Gasteiger partial charge in [0.25, 0.3) is 0 Å². The average Bonchev–Trinajstić information content (AvgIpc) is 2.31. The van der Waals surface area contributed by atoms with Gasteiger partial charge in [-0.15, -0.1) is 0 Å². The highest BCUT2D eigenvalue weighted by Gasteiger charge is 2.15. The lowest BCUT2D eigenvalue weighted by Crippen LogP contribution is -2.44. The Morgan fingerprint density at radius 3 is 2.87 bits per heavy atom. The number of aromatic nitrogens is 2. The highest BCUT2D eigenvalue weighted by atomic mass is 79.9. The molecule has 0 unspecified atom stereocenters. The van der Waals surface area contributed by atoms with Gasteiger partial charge >= 0.3 is 0 Å². The Bertz CT molecular complexity index is 338. The van der Waals surface area contributed by atoms with Crippen LogP contribution in [0.2, 0.25) is 0 Å². The number of nitrogens with two attached hydrogens (primary N) is 1. The molecule has 4 N–H and O–H groups in total. The zero-order chi connectivity index (χ0) is 10.7. The number of nitrogen functional groups attached to an aromatic ring is 1. The number of nitrogens with zero attached hydrogens (tertiary/aromatic N) is 3. The largest absolute Gasteiger partial charge is 0.353 e. The maximum atomic E-state index is 5.28. The van der Waals surface area contributed by atoms with Crippen LogP contribution in [-0.4, -0.2) is 36.1 Å². The molecule has 7 heteroatoms. The first-order chi connectivity index (χ1) is 7.31. The second-order valence-electron chi connectivity index (χ2n) is 3.25. The molecule has 0 aliphatic carbocycles. The van der Waals surface area contributed by atoms with Gasteiger partial charge in [-0.25, -0.2) is 10.8 Å². The molecular formula is C8H13BrN6. The summed E-state index contributed by atoms with van der Waals surface area (Å²) >= 11 is 3.44. The predicted molar refractivity (Wildman–Crippen MR) is 62.6 cm³/mol. The number of hydrogen-bond donors (Lipinski definition) is 3. The van der Waals surface area contributed by atoms with Crippen LogP contribution in [0, 0.1) is 0 Å². The summed E-state index contributed by atoms with van der Waals surface area (Å²) in [4.78, 5) is 10.5. The third-order valence-electron chi connectivity index (χ3n) is 2.27. The standard InChI is InChI=1S/C8H13BrN6/c9-6-5-12-8(14-10)13-7(6)15-3-1-11-2-4-15/h5,11H,1-4,10H2,(H,12,13,14). The minimum absolute atomic E-state index is 0.437. The Hall–Kier alpha value is -0.920. The fourth-order valence-electron chi connectivity index (χ4n) is 1.53. The molecule has 0 spiro atoms. The monoisotopic (exact) mass is 272 g/mol. The Morgan fingerprint density at radius 2 is 2.20 bits per heavy atom. The zero-order valence-electron chi connectivity index (χ0n) is 8.20. The molecule has 15 heavy (non-hydrogen) atoms. The van der Waals surface area contributed by atoms with Crippen LogP contribution in [-0.2, 0) is 0 Å². The van der Waals surface area contributed by atoms with Gasteiger partial charge in [-0.3, -0.25) is 5.43 Å². The van der Waals surface area contributed by atoms with Crippen LogP contribution in [0.5, 0.6) is 0 Å². The molecule has 0 bridgehead atoms. The number of rotatable bonds is 2. The van der Waals surface area contributed by atoms with Crippen LogP contribution in [0.3, 0.4) is 0 Å². The summed E-state index contributed by atoms with van der Waals surface area (Å²) in [7, 11) is 0. The van der Waals surface area contributed by atoms with Crippen molar-refractivity contribution >= 4 is 27.7 Å². The highest BCUT2D eigenvalue weighted by Crippen LogP contribution is 2.24. The van der Waals surface area contributed by atoms with Crippen molar-refractivity contribution < 1.29 is 0 Å². The first-order valence-corrected chi connectivity index (χ1v) is 5.55. The second-order valence-corrected chi connectivity index (χ2v) is 4.10. The molecular weight excluding hydrogens is 260 g/mol. The summed E-state index contributed by atoms with van der Waals surface area (Å²) in [5.41, 5.74) is 2.45. The molecule has 1 aliphatic heterocycles. The van der Waals surface area contributed by atoms with Crippen LogP contribution in [0.4, 0.5) is 11.8 Å². The van der Waals surface area contributed by atoms with Gasteiger partial charge in [0.15, 0.2) is 0 Å². The lowest BCUT2D eigenvalue weighted by molar-refractivity contribution is 0.584. The van der Waals surface area contributed by atoms with Gasteiger partial charge in [-0.2, -0.15) is 4.98 Å². The molecule has 0 aromatic carbocycles. The third kappa shape index (κ3) is 2.36. The maximum Gasteiger partial charge on any atom is 0.239 e. The molecule has 82 valence electrons. The normalized spacial score (nSPS) is 16.5. The number of hydrazine groups is 1. The zero-order valence-corrected chi connectivity index (χ0v) is 9.79. The fourth-order valence-corrected chi connectivity index (χ4v) is 1.97. The first kappa shape index (κ1) is 10.6. The molecule has 1 saturated heterocycles. The minimum Gasteiger partial charge on any atom is -0.353 e. The van der Waals surface area contributed by atoms with Crippen molar-refractivity contribution in [3.8, 4) is 0 Å². The Balaban J connectivity index is 2.24. The number of halogens is 1. The quantitative estimate of drug-likeness (QED) is 0.517. The summed E-state index contributed by atoms with van der Waals surface area (Å²) in [6.45, 7) is 3.84. The molecule has 1 aromatic heterocycles. The summed E-state index contributed by atoms with van der Waals surface area (Å²) < 4.78 is 0.892. The van der Waals surface area contributed by atoms with E-state index in [2.05, 4.69) is 41.5 Å². The van der Waals surface area contributed by atoms with E-state index in [0.717, 1.165) is 36.5 Å². The SMILES string of the molecule is NNc1ncc(Br)c(N2CCNCC2)n1. The number of hydrogen-bond acceptors (Lipinski definition) is 6. The lowest BCUT2D eigenvalue weighted by atomic mass is 10.3. The lowest BCUT2D eigenvalue weighted by Gasteiger charge is -2.29. The van der Waals surface area contributed by atoms with Crippen LogP contribution < -0.4 is 21.5 Å². The highest BCUT2D eigenvalue weighted by molar-refractivity contribution is 9.10. The maximum absolute atomic E-state index is 5.28. The van der Waals surface area contributed by atoms with Crippen molar-refractivity contribution in [1.82, 2.24) is 15.3 Å². The van der Waals surface area contributed by atoms with E-state index in [-0.39, 0.29) is 0 Å². The van der Waals surface area contributed by atoms with Crippen LogP contribution in [0.15, 0.2) is 10.7 Å². The molecule has 0 radical (unpaired) electrons. The van der Waals surface area contributed by atoms with Crippen molar-refractivity contribution in [2.24, 2.45) is 5.84 Å². The topological polar surface area (TPSA) is 79.1 Å². The van der Waals surface area contributed by atoms with E-state index < -0.39 is 0 Å². The summed E-state index contributed by atoms with van der Waals surface area (Å²) in [5, 5.41) is 3.29. The molecule has 1 aliphatic rings. The third-order valence-corrected chi connectivity index (χ3v) is 2.83.